The summed E-state index contributed by atoms with van der Waals surface area (Å²) in [7, 11) is 0. The molecule has 0 aliphatic rings. The maximum absolute atomic E-state index is 5.87. The van der Waals surface area contributed by atoms with Crippen LogP contribution in [0.5, 0.6) is 5.75 Å². The fraction of sp³-hybridized carbons (Fsp3) is 0.211. The normalized spacial score (nSPS) is 11.2. The molecule has 7 heteroatoms. The molecule has 4 aromatic rings. The van der Waals surface area contributed by atoms with E-state index in [2.05, 4.69) is 15.0 Å². The van der Waals surface area contributed by atoms with Crippen LogP contribution in [0.1, 0.15) is 18.4 Å². The summed E-state index contributed by atoms with van der Waals surface area (Å²) in [6.07, 6.45) is 1.70. The highest BCUT2D eigenvalue weighted by molar-refractivity contribution is 7.98. The van der Waals surface area contributed by atoms with Crippen molar-refractivity contribution in [3.8, 4) is 17.2 Å². The number of para-hydroxylation sites is 1. The third-order valence-electron chi connectivity index (χ3n) is 3.79. The highest BCUT2D eigenvalue weighted by Crippen LogP contribution is 2.32. The first-order valence-electron chi connectivity index (χ1n) is 8.27. The first kappa shape index (κ1) is 16.7. The molecule has 3 aromatic heterocycles. The van der Waals surface area contributed by atoms with Gasteiger partial charge in [0.1, 0.15) is 11.5 Å². The Hall–Kier alpha value is -2.80. The van der Waals surface area contributed by atoms with E-state index in [1.54, 1.807) is 6.20 Å². The molecule has 6 nitrogen and oxygen atoms in total. The Balaban J connectivity index is 1.55. The third-order valence-corrected chi connectivity index (χ3v) is 4.63. The average molecular weight is 367 g/mol. The molecule has 4 rings (SSSR count). The van der Waals surface area contributed by atoms with Crippen LogP contribution < -0.4 is 4.74 Å². The van der Waals surface area contributed by atoms with Crippen LogP contribution in [-0.4, -0.2) is 21.6 Å². The zero-order valence-electron chi connectivity index (χ0n) is 14.4. The van der Waals surface area contributed by atoms with Crippen LogP contribution in [0.3, 0.4) is 0 Å². The van der Waals surface area contributed by atoms with Crippen LogP contribution in [0.4, 0.5) is 0 Å². The number of ether oxygens (including phenoxy) is 1. The molecule has 0 saturated heterocycles. The summed E-state index contributed by atoms with van der Waals surface area (Å²) in [6, 6.07) is 11.4. The van der Waals surface area contributed by atoms with E-state index in [4.69, 9.17) is 13.6 Å². The summed E-state index contributed by atoms with van der Waals surface area (Å²) in [4.78, 5) is 13.2. The molecule has 0 N–H and O–H groups in total. The number of aryl methyl sites for hydroxylation is 1. The minimum atomic E-state index is 0.557. The molecule has 0 aliphatic heterocycles. The first-order valence-corrected chi connectivity index (χ1v) is 9.26. The van der Waals surface area contributed by atoms with Crippen LogP contribution in [0.15, 0.2) is 56.7 Å². The Bertz CT molecular complexity index is 1010. The summed E-state index contributed by atoms with van der Waals surface area (Å²) < 4.78 is 17.2. The predicted octanol–water partition coefficient (Wildman–Crippen LogP) is 4.88. The molecule has 0 unspecified atom stereocenters. The van der Waals surface area contributed by atoms with Gasteiger partial charge in [0.25, 0.3) is 5.22 Å². The molecule has 0 fully saturated rings. The summed E-state index contributed by atoms with van der Waals surface area (Å²) in [5.41, 5.74) is 2.99. The maximum Gasteiger partial charge on any atom is 0.258 e. The van der Waals surface area contributed by atoms with Crippen LogP contribution >= 0.6 is 11.8 Å². The van der Waals surface area contributed by atoms with Crippen molar-refractivity contribution in [2.75, 3.05) is 6.61 Å². The van der Waals surface area contributed by atoms with E-state index in [1.807, 2.05) is 50.2 Å². The zero-order chi connectivity index (χ0) is 17.9. The van der Waals surface area contributed by atoms with Crippen molar-refractivity contribution >= 4 is 23.0 Å². The third kappa shape index (κ3) is 3.30. The van der Waals surface area contributed by atoms with Crippen molar-refractivity contribution in [2.45, 2.75) is 24.8 Å². The minimum Gasteiger partial charge on any atom is -0.493 e. The lowest BCUT2D eigenvalue weighted by Crippen LogP contribution is -1.94. The Morgan fingerprint density at radius 3 is 2.81 bits per heavy atom. The zero-order valence-corrected chi connectivity index (χ0v) is 15.2. The lowest BCUT2D eigenvalue weighted by Gasteiger charge is -2.06. The van der Waals surface area contributed by atoms with Crippen LogP contribution in [0.25, 0.3) is 22.7 Å². The molecule has 0 radical (unpaired) electrons. The first-order chi connectivity index (χ1) is 12.7. The van der Waals surface area contributed by atoms with Crippen molar-refractivity contribution in [1.29, 1.82) is 0 Å². The second-order valence-electron chi connectivity index (χ2n) is 5.54. The molecule has 132 valence electrons. The van der Waals surface area contributed by atoms with Crippen molar-refractivity contribution in [3.05, 3.63) is 54.0 Å². The van der Waals surface area contributed by atoms with Crippen LogP contribution in [0.2, 0.25) is 0 Å². The number of aromatic nitrogens is 3. The van der Waals surface area contributed by atoms with Crippen LogP contribution in [-0.2, 0) is 5.75 Å². The van der Waals surface area contributed by atoms with E-state index < -0.39 is 0 Å². The van der Waals surface area contributed by atoms with E-state index in [-0.39, 0.29) is 0 Å². The van der Waals surface area contributed by atoms with E-state index in [1.165, 1.54) is 11.8 Å². The second kappa shape index (κ2) is 7.21. The van der Waals surface area contributed by atoms with Gasteiger partial charge in [0, 0.05) is 11.9 Å². The highest BCUT2D eigenvalue weighted by atomic mass is 32.2. The second-order valence-corrected chi connectivity index (χ2v) is 6.47. The van der Waals surface area contributed by atoms with Crippen LogP contribution in [0, 0.1) is 6.92 Å². The Morgan fingerprint density at radius 2 is 1.96 bits per heavy atom. The SMILES string of the molecule is CCOc1ccccc1-c1nc(CSc2nc3ncccc3o2)c(C)o1. The van der Waals surface area contributed by atoms with Crippen molar-refractivity contribution in [3.63, 3.8) is 0 Å². The predicted molar refractivity (Wildman–Crippen MR) is 99.2 cm³/mol. The largest absolute Gasteiger partial charge is 0.493 e. The number of hydrogen-bond acceptors (Lipinski definition) is 7. The Morgan fingerprint density at radius 1 is 1.08 bits per heavy atom. The standard InChI is InChI=1S/C19H17N3O3S/c1-3-23-15-8-5-4-7-13(15)18-21-14(12(2)24-18)11-26-19-22-17-16(25-19)9-6-10-20-17/h4-10H,3,11H2,1-2H3. The van der Waals surface area contributed by atoms with Crippen molar-refractivity contribution in [1.82, 2.24) is 15.0 Å². The maximum atomic E-state index is 5.87. The van der Waals surface area contributed by atoms with Gasteiger partial charge < -0.3 is 13.6 Å². The van der Waals surface area contributed by atoms with E-state index >= 15 is 0 Å². The topological polar surface area (TPSA) is 74.2 Å². The fourth-order valence-electron chi connectivity index (χ4n) is 2.54. The van der Waals surface area contributed by atoms with Crippen molar-refractivity contribution < 1.29 is 13.6 Å². The molecule has 0 bridgehead atoms. The van der Waals surface area contributed by atoms with Gasteiger partial charge >= 0.3 is 0 Å². The minimum absolute atomic E-state index is 0.557. The van der Waals surface area contributed by atoms with E-state index in [0.29, 0.717) is 34.7 Å². The smallest absolute Gasteiger partial charge is 0.258 e. The average Bonchev–Trinajstić information content (AvgIpc) is 3.23. The lowest BCUT2D eigenvalue weighted by atomic mass is 10.2. The molecule has 3 heterocycles. The monoisotopic (exact) mass is 367 g/mol. The van der Waals surface area contributed by atoms with Crippen molar-refractivity contribution in [2.24, 2.45) is 0 Å². The molecule has 0 spiro atoms. The molecule has 0 saturated carbocycles. The molecule has 0 aliphatic carbocycles. The number of fused-ring (bicyclic) bond motifs is 1. The number of pyridine rings is 1. The number of rotatable bonds is 6. The quantitative estimate of drug-likeness (QED) is 0.450. The van der Waals surface area contributed by atoms with Gasteiger partial charge in [-0.25, -0.2) is 9.97 Å². The summed E-state index contributed by atoms with van der Waals surface area (Å²) in [5.74, 6) is 2.69. The van der Waals surface area contributed by atoms with Gasteiger partial charge in [-0.2, -0.15) is 4.98 Å². The summed E-state index contributed by atoms with van der Waals surface area (Å²) in [5, 5.41) is 0.567. The lowest BCUT2D eigenvalue weighted by molar-refractivity contribution is 0.340. The molecular weight excluding hydrogens is 350 g/mol. The Kier molecular flexibility index (Phi) is 4.62. The van der Waals surface area contributed by atoms with E-state index in [9.17, 15) is 0 Å². The molecule has 0 atom stereocenters. The number of benzene rings is 1. The fourth-order valence-corrected chi connectivity index (χ4v) is 3.37. The summed E-state index contributed by atoms with van der Waals surface area (Å²) in [6.45, 7) is 4.45. The van der Waals surface area contributed by atoms with Gasteiger partial charge in [0.2, 0.25) is 5.89 Å². The molecular formula is C19H17N3O3S. The van der Waals surface area contributed by atoms with Gasteiger partial charge in [-0.3, -0.25) is 0 Å². The van der Waals surface area contributed by atoms with Gasteiger partial charge in [-0.1, -0.05) is 23.9 Å². The number of oxazole rings is 2. The van der Waals surface area contributed by atoms with E-state index in [0.717, 1.165) is 22.8 Å². The van der Waals surface area contributed by atoms with Gasteiger partial charge in [-0.15, -0.1) is 0 Å². The van der Waals surface area contributed by atoms with Gasteiger partial charge in [0.15, 0.2) is 11.2 Å². The molecule has 26 heavy (non-hydrogen) atoms. The Labute approximate surface area is 154 Å². The number of nitrogens with zero attached hydrogens (tertiary/aromatic N) is 3. The highest BCUT2D eigenvalue weighted by Gasteiger charge is 2.16. The molecule has 0 amide bonds. The summed E-state index contributed by atoms with van der Waals surface area (Å²) >= 11 is 1.46. The van der Waals surface area contributed by atoms with Gasteiger partial charge in [-0.05, 0) is 38.1 Å². The van der Waals surface area contributed by atoms with Gasteiger partial charge in [0.05, 0.1) is 17.9 Å². The number of thioether (sulfide) groups is 1. The number of hydrogen-bond donors (Lipinski definition) is 0. The molecule has 1 aromatic carbocycles.